The van der Waals surface area contributed by atoms with Crippen molar-refractivity contribution in [2.45, 2.75) is 50.9 Å². The number of aliphatic carboxylic acids is 1. The first-order valence-electron chi connectivity index (χ1n) is 7.02. The van der Waals surface area contributed by atoms with Crippen LogP contribution in [0.15, 0.2) is 18.2 Å². The normalized spacial score (nSPS) is 27.4. The Labute approximate surface area is 108 Å². The molecule has 0 heterocycles. The van der Waals surface area contributed by atoms with Gasteiger partial charge in [0.1, 0.15) is 0 Å². The minimum atomic E-state index is -0.731. The predicted octanol–water partition coefficient (Wildman–Crippen LogP) is 3.70. The second-order valence-electron chi connectivity index (χ2n) is 5.87. The molecule has 0 saturated heterocycles. The van der Waals surface area contributed by atoms with Gasteiger partial charge in [0, 0.05) is 0 Å². The van der Waals surface area contributed by atoms with E-state index in [0.29, 0.717) is 0 Å². The highest BCUT2D eigenvalue weighted by atomic mass is 16.4. The third-order valence-electron chi connectivity index (χ3n) is 4.83. The molecule has 0 unspecified atom stereocenters. The molecule has 0 amide bonds. The summed E-state index contributed by atoms with van der Waals surface area (Å²) in [7, 11) is 0. The number of carboxylic acids is 1. The number of carboxylic acid groups (broad SMARTS) is 1. The highest BCUT2D eigenvalue weighted by molar-refractivity contribution is 5.75. The van der Waals surface area contributed by atoms with Crippen LogP contribution in [0.5, 0.6) is 0 Å². The Bertz CT molecular complexity index is 478. The molecule has 2 heteroatoms. The molecule has 0 spiro atoms. The largest absolute Gasteiger partial charge is 0.481 e. The van der Waals surface area contributed by atoms with Crippen molar-refractivity contribution in [3.8, 4) is 0 Å². The van der Waals surface area contributed by atoms with E-state index < -0.39 is 11.9 Å². The topological polar surface area (TPSA) is 37.3 Å². The average molecular weight is 244 g/mol. The fourth-order valence-corrected chi connectivity index (χ4v) is 3.72. The molecule has 0 bridgehead atoms. The Kier molecular flexibility index (Phi) is 2.89. The minimum Gasteiger partial charge on any atom is -0.481 e. The van der Waals surface area contributed by atoms with Crippen LogP contribution in [-0.4, -0.2) is 11.1 Å². The van der Waals surface area contributed by atoms with Gasteiger partial charge in [0.2, 0.25) is 0 Å². The number of rotatable bonds is 2. The number of benzene rings is 1. The van der Waals surface area contributed by atoms with Crippen molar-refractivity contribution in [2.24, 2.45) is 5.92 Å². The van der Waals surface area contributed by atoms with E-state index in [1.165, 1.54) is 43.2 Å². The quantitative estimate of drug-likeness (QED) is 0.861. The molecule has 1 aromatic carbocycles. The Hall–Kier alpha value is -1.31. The molecule has 2 aliphatic rings. The zero-order valence-corrected chi connectivity index (χ0v) is 10.9. The molecule has 1 saturated carbocycles. The summed E-state index contributed by atoms with van der Waals surface area (Å²) >= 11 is 0. The molecule has 0 aromatic heterocycles. The minimum absolute atomic E-state index is 0.391. The summed E-state index contributed by atoms with van der Waals surface area (Å²) in [6.07, 6.45) is 6.57. The average Bonchev–Trinajstić information content (AvgIpc) is 2.75. The van der Waals surface area contributed by atoms with E-state index in [1.54, 1.807) is 6.92 Å². The second kappa shape index (κ2) is 4.42. The SMILES string of the molecule is C[C@H](C(=O)O)c1ccc2c(c1)C[C@@H]1CCCC[C@@H]21. The van der Waals surface area contributed by atoms with E-state index in [0.717, 1.165) is 17.4 Å². The predicted molar refractivity (Wildman–Crippen MR) is 70.9 cm³/mol. The third-order valence-corrected chi connectivity index (χ3v) is 4.83. The van der Waals surface area contributed by atoms with Crippen LogP contribution in [0.1, 0.15) is 61.1 Å². The fraction of sp³-hybridized carbons (Fsp3) is 0.562. The van der Waals surface area contributed by atoms with E-state index >= 15 is 0 Å². The van der Waals surface area contributed by atoms with Gasteiger partial charge in [0.15, 0.2) is 0 Å². The van der Waals surface area contributed by atoms with Crippen molar-refractivity contribution in [2.75, 3.05) is 0 Å². The van der Waals surface area contributed by atoms with Crippen molar-refractivity contribution in [3.63, 3.8) is 0 Å². The lowest BCUT2D eigenvalue weighted by Crippen LogP contribution is -2.12. The highest BCUT2D eigenvalue weighted by Gasteiger charge is 2.34. The van der Waals surface area contributed by atoms with Crippen LogP contribution < -0.4 is 0 Å². The summed E-state index contributed by atoms with van der Waals surface area (Å²) in [5.41, 5.74) is 3.87. The van der Waals surface area contributed by atoms with Crippen molar-refractivity contribution in [1.29, 1.82) is 0 Å². The smallest absolute Gasteiger partial charge is 0.310 e. The van der Waals surface area contributed by atoms with Gasteiger partial charge in [-0.3, -0.25) is 4.79 Å². The molecule has 2 nitrogen and oxygen atoms in total. The van der Waals surface area contributed by atoms with Crippen LogP contribution in [0.2, 0.25) is 0 Å². The van der Waals surface area contributed by atoms with Crippen molar-refractivity contribution >= 4 is 5.97 Å². The standard InChI is InChI=1S/C16H20O2/c1-10(16(17)18)11-6-7-15-13(8-11)9-12-4-2-3-5-14(12)15/h6-8,10,12,14H,2-5,9H2,1H3,(H,17,18)/t10-,12-,14+/m0/s1. The van der Waals surface area contributed by atoms with Gasteiger partial charge in [0.25, 0.3) is 0 Å². The molecule has 1 fully saturated rings. The van der Waals surface area contributed by atoms with Gasteiger partial charge in [-0.15, -0.1) is 0 Å². The first kappa shape index (κ1) is 11.8. The maximum Gasteiger partial charge on any atom is 0.310 e. The number of hydrogen-bond donors (Lipinski definition) is 1. The molecule has 1 N–H and O–H groups in total. The summed E-state index contributed by atoms with van der Waals surface area (Å²) in [4.78, 5) is 11.1. The maximum absolute atomic E-state index is 11.1. The first-order chi connectivity index (χ1) is 8.66. The van der Waals surface area contributed by atoms with E-state index in [2.05, 4.69) is 12.1 Å². The maximum atomic E-state index is 11.1. The Morgan fingerprint density at radius 2 is 2.11 bits per heavy atom. The molecule has 96 valence electrons. The summed E-state index contributed by atoms with van der Waals surface area (Å²) in [5.74, 6) is 0.454. The monoisotopic (exact) mass is 244 g/mol. The van der Waals surface area contributed by atoms with Crippen LogP contribution in [0.4, 0.5) is 0 Å². The van der Waals surface area contributed by atoms with Crippen molar-refractivity contribution in [1.82, 2.24) is 0 Å². The van der Waals surface area contributed by atoms with Gasteiger partial charge in [-0.2, -0.15) is 0 Å². The zero-order chi connectivity index (χ0) is 12.7. The van der Waals surface area contributed by atoms with Gasteiger partial charge in [0.05, 0.1) is 5.92 Å². The van der Waals surface area contributed by atoms with Crippen molar-refractivity contribution in [3.05, 3.63) is 34.9 Å². The zero-order valence-electron chi connectivity index (χ0n) is 10.9. The summed E-state index contributed by atoms with van der Waals surface area (Å²) in [5, 5.41) is 9.09. The molecule has 2 aliphatic carbocycles. The van der Waals surface area contributed by atoms with E-state index in [1.807, 2.05) is 6.07 Å². The van der Waals surface area contributed by atoms with Crippen LogP contribution >= 0.6 is 0 Å². The lowest BCUT2D eigenvalue weighted by atomic mass is 9.80. The Morgan fingerprint density at radius 1 is 1.33 bits per heavy atom. The molecular formula is C16H20O2. The van der Waals surface area contributed by atoms with Gasteiger partial charge in [-0.1, -0.05) is 31.0 Å². The van der Waals surface area contributed by atoms with E-state index in [4.69, 9.17) is 5.11 Å². The number of hydrogen-bond acceptors (Lipinski definition) is 1. The third kappa shape index (κ3) is 1.84. The molecule has 1 aromatic rings. The van der Waals surface area contributed by atoms with Crippen LogP contribution in [0.3, 0.4) is 0 Å². The van der Waals surface area contributed by atoms with Crippen LogP contribution in [-0.2, 0) is 11.2 Å². The summed E-state index contributed by atoms with van der Waals surface area (Å²) in [6, 6.07) is 6.36. The fourth-order valence-electron chi connectivity index (χ4n) is 3.72. The second-order valence-corrected chi connectivity index (χ2v) is 5.87. The van der Waals surface area contributed by atoms with Crippen molar-refractivity contribution < 1.29 is 9.90 Å². The first-order valence-corrected chi connectivity index (χ1v) is 7.02. The summed E-state index contributed by atoms with van der Waals surface area (Å²) < 4.78 is 0. The number of carbonyl (C=O) groups is 1. The Balaban J connectivity index is 1.92. The molecule has 18 heavy (non-hydrogen) atoms. The lowest BCUT2D eigenvalue weighted by molar-refractivity contribution is -0.138. The van der Waals surface area contributed by atoms with Gasteiger partial charge < -0.3 is 5.11 Å². The molecular weight excluding hydrogens is 224 g/mol. The summed E-state index contributed by atoms with van der Waals surface area (Å²) in [6.45, 7) is 1.77. The highest BCUT2D eigenvalue weighted by Crippen LogP contribution is 2.46. The van der Waals surface area contributed by atoms with E-state index in [-0.39, 0.29) is 0 Å². The Morgan fingerprint density at radius 3 is 2.89 bits per heavy atom. The molecule has 3 rings (SSSR count). The van der Waals surface area contributed by atoms with Gasteiger partial charge >= 0.3 is 5.97 Å². The molecule has 0 aliphatic heterocycles. The lowest BCUT2D eigenvalue weighted by Gasteiger charge is -2.25. The van der Waals surface area contributed by atoms with Crippen LogP contribution in [0.25, 0.3) is 0 Å². The van der Waals surface area contributed by atoms with E-state index in [9.17, 15) is 4.79 Å². The number of fused-ring (bicyclic) bond motifs is 3. The van der Waals surface area contributed by atoms with Crippen LogP contribution in [0, 0.1) is 5.92 Å². The van der Waals surface area contributed by atoms with Gasteiger partial charge in [-0.25, -0.2) is 0 Å². The van der Waals surface area contributed by atoms with Gasteiger partial charge in [-0.05, 0) is 54.7 Å². The molecule has 0 radical (unpaired) electrons. The molecule has 3 atom stereocenters.